The van der Waals surface area contributed by atoms with E-state index < -0.39 is 28.5 Å². The SMILES string of the molecule is CCc1ccc(S(=O)(=O)NCC(=O)OC)cc1C(=O)O. The molecule has 1 aromatic rings. The van der Waals surface area contributed by atoms with E-state index in [9.17, 15) is 18.0 Å². The minimum atomic E-state index is -3.96. The van der Waals surface area contributed by atoms with Crippen LogP contribution in [-0.4, -0.2) is 39.1 Å². The maximum absolute atomic E-state index is 11.9. The number of esters is 1. The van der Waals surface area contributed by atoms with Crippen molar-refractivity contribution in [2.24, 2.45) is 0 Å². The molecule has 7 nitrogen and oxygen atoms in total. The first-order chi connectivity index (χ1) is 9.31. The number of rotatable bonds is 6. The topological polar surface area (TPSA) is 110 Å². The number of aryl methyl sites for hydroxylation is 1. The van der Waals surface area contributed by atoms with Crippen LogP contribution < -0.4 is 4.72 Å². The van der Waals surface area contributed by atoms with Crippen molar-refractivity contribution in [1.82, 2.24) is 4.72 Å². The van der Waals surface area contributed by atoms with Gasteiger partial charge in [-0.15, -0.1) is 0 Å². The molecule has 1 aromatic carbocycles. The van der Waals surface area contributed by atoms with Crippen molar-refractivity contribution in [3.8, 4) is 0 Å². The van der Waals surface area contributed by atoms with Crippen LogP contribution in [0.4, 0.5) is 0 Å². The second-order valence-corrected chi connectivity index (χ2v) is 5.65. The van der Waals surface area contributed by atoms with Gasteiger partial charge < -0.3 is 9.84 Å². The number of hydrogen-bond donors (Lipinski definition) is 2. The number of nitrogens with one attached hydrogen (secondary N) is 1. The summed E-state index contributed by atoms with van der Waals surface area (Å²) in [5.74, 6) is -1.94. The Morgan fingerprint density at radius 1 is 1.35 bits per heavy atom. The molecule has 20 heavy (non-hydrogen) atoms. The lowest BCUT2D eigenvalue weighted by molar-refractivity contribution is -0.139. The van der Waals surface area contributed by atoms with Gasteiger partial charge in [0.25, 0.3) is 0 Å². The van der Waals surface area contributed by atoms with Crippen molar-refractivity contribution in [1.29, 1.82) is 0 Å². The second-order valence-electron chi connectivity index (χ2n) is 3.88. The van der Waals surface area contributed by atoms with Gasteiger partial charge in [0.2, 0.25) is 10.0 Å². The normalized spacial score (nSPS) is 11.1. The maximum Gasteiger partial charge on any atom is 0.336 e. The van der Waals surface area contributed by atoms with Gasteiger partial charge in [-0.05, 0) is 24.1 Å². The van der Waals surface area contributed by atoms with Crippen molar-refractivity contribution in [2.75, 3.05) is 13.7 Å². The number of ether oxygens (including phenoxy) is 1. The molecule has 0 atom stereocenters. The van der Waals surface area contributed by atoms with E-state index in [2.05, 4.69) is 4.74 Å². The summed E-state index contributed by atoms with van der Waals surface area (Å²) in [6, 6.07) is 3.81. The number of carbonyl (C=O) groups is 2. The molecule has 0 aromatic heterocycles. The number of aromatic carboxylic acids is 1. The average molecular weight is 301 g/mol. The molecule has 110 valence electrons. The third kappa shape index (κ3) is 3.78. The quantitative estimate of drug-likeness (QED) is 0.736. The first-order valence-corrected chi connectivity index (χ1v) is 7.22. The van der Waals surface area contributed by atoms with Crippen LogP contribution in [0.5, 0.6) is 0 Å². The number of hydrogen-bond acceptors (Lipinski definition) is 5. The summed E-state index contributed by atoms with van der Waals surface area (Å²) >= 11 is 0. The highest BCUT2D eigenvalue weighted by Gasteiger charge is 2.19. The number of carboxylic acid groups (broad SMARTS) is 1. The summed E-state index contributed by atoms with van der Waals surface area (Å²) < 4.78 is 30.2. The Morgan fingerprint density at radius 3 is 2.50 bits per heavy atom. The Hall–Kier alpha value is -1.93. The summed E-state index contributed by atoms with van der Waals surface area (Å²) in [6.07, 6.45) is 0.470. The summed E-state index contributed by atoms with van der Waals surface area (Å²) in [5, 5.41) is 9.05. The van der Waals surface area contributed by atoms with Crippen LogP contribution in [0.2, 0.25) is 0 Å². The summed E-state index contributed by atoms with van der Waals surface area (Å²) in [4.78, 5) is 21.8. The monoisotopic (exact) mass is 301 g/mol. The third-order valence-corrected chi connectivity index (χ3v) is 4.04. The molecule has 0 unspecified atom stereocenters. The standard InChI is InChI=1S/C12H15NO6S/c1-3-8-4-5-9(6-10(8)12(15)16)20(17,18)13-7-11(14)19-2/h4-6,13H,3,7H2,1-2H3,(H,15,16). The highest BCUT2D eigenvalue weighted by atomic mass is 32.2. The minimum absolute atomic E-state index is 0.0755. The van der Waals surface area contributed by atoms with E-state index in [0.717, 1.165) is 13.2 Å². The van der Waals surface area contributed by atoms with Crippen LogP contribution >= 0.6 is 0 Å². The van der Waals surface area contributed by atoms with Crippen LogP contribution in [0.25, 0.3) is 0 Å². The number of sulfonamides is 1. The zero-order valence-corrected chi connectivity index (χ0v) is 11.9. The molecule has 0 fully saturated rings. The van der Waals surface area contributed by atoms with Crippen molar-refractivity contribution < 1.29 is 27.9 Å². The first kappa shape index (κ1) is 16.1. The van der Waals surface area contributed by atoms with Gasteiger partial charge in [-0.25, -0.2) is 13.2 Å². The van der Waals surface area contributed by atoms with E-state index in [0.29, 0.717) is 12.0 Å². The van der Waals surface area contributed by atoms with Crippen molar-refractivity contribution in [2.45, 2.75) is 18.2 Å². The first-order valence-electron chi connectivity index (χ1n) is 5.74. The number of carbonyl (C=O) groups excluding carboxylic acids is 1. The molecule has 0 aliphatic rings. The van der Waals surface area contributed by atoms with Crippen LogP contribution in [0.15, 0.2) is 23.1 Å². The Bertz CT molecular complexity index is 623. The van der Waals surface area contributed by atoms with E-state index in [1.807, 2.05) is 4.72 Å². The van der Waals surface area contributed by atoms with E-state index in [1.165, 1.54) is 12.1 Å². The lowest BCUT2D eigenvalue weighted by Crippen LogP contribution is -2.30. The van der Waals surface area contributed by atoms with Crippen LogP contribution in [0, 0.1) is 0 Å². The number of methoxy groups -OCH3 is 1. The van der Waals surface area contributed by atoms with Gasteiger partial charge in [-0.2, -0.15) is 4.72 Å². The predicted octanol–water partition coefficient (Wildman–Crippen LogP) is 0.399. The zero-order valence-electron chi connectivity index (χ0n) is 11.0. The summed E-state index contributed by atoms with van der Waals surface area (Å²) in [7, 11) is -2.83. The van der Waals surface area contributed by atoms with Gasteiger partial charge in [0.15, 0.2) is 0 Å². The molecule has 0 heterocycles. The van der Waals surface area contributed by atoms with Crippen LogP contribution in [0.1, 0.15) is 22.8 Å². The number of carboxylic acids is 1. The third-order valence-electron chi connectivity index (χ3n) is 2.64. The molecule has 0 aliphatic heterocycles. The highest BCUT2D eigenvalue weighted by Crippen LogP contribution is 2.17. The fourth-order valence-corrected chi connectivity index (χ4v) is 2.53. The minimum Gasteiger partial charge on any atom is -0.478 e. The molecule has 0 spiro atoms. The average Bonchev–Trinajstić information content (AvgIpc) is 2.43. The van der Waals surface area contributed by atoms with Gasteiger partial charge in [-0.1, -0.05) is 13.0 Å². The lowest BCUT2D eigenvalue weighted by atomic mass is 10.1. The largest absolute Gasteiger partial charge is 0.478 e. The van der Waals surface area contributed by atoms with Crippen LogP contribution in [-0.2, 0) is 26.0 Å². The highest BCUT2D eigenvalue weighted by molar-refractivity contribution is 7.89. The molecule has 0 aliphatic carbocycles. The second kappa shape index (κ2) is 6.49. The molecular formula is C12H15NO6S. The molecular weight excluding hydrogens is 286 g/mol. The van der Waals surface area contributed by atoms with Gasteiger partial charge in [0.05, 0.1) is 17.6 Å². The van der Waals surface area contributed by atoms with Gasteiger partial charge >= 0.3 is 11.9 Å². The van der Waals surface area contributed by atoms with Gasteiger partial charge in [0.1, 0.15) is 6.54 Å². The molecule has 0 radical (unpaired) electrons. The lowest BCUT2D eigenvalue weighted by Gasteiger charge is -2.09. The van der Waals surface area contributed by atoms with E-state index in [1.54, 1.807) is 6.92 Å². The van der Waals surface area contributed by atoms with Gasteiger partial charge in [-0.3, -0.25) is 4.79 Å². The van der Waals surface area contributed by atoms with Crippen molar-refractivity contribution in [3.63, 3.8) is 0 Å². The van der Waals surface area contributed by atoms with Crippen molar-refractivity contribution >= 4 is 22.0 Å². The molecule has 0 amide bonds. The van der Waals surface area contributed by atoms with Gasteiger partial charge in [0, 0.05) is 0 Å². The van der Waals surface area contributed by atoms with E-state index in [4.69, 9.17) is 5.11 Å². The molecule has 0 bridgehead atoms. The van der Waals surface area contributed by atoms with Crippen molar-refractivity contribution in [3.05, 3.63) is 29.3 Å². The fraction of sp³-hybridized carbons (Fsp3) is 0.333. The Balaban J connectivity index is 3.10. The number of benzene rings is 1. The van der Waals surface area contributed by atoms with E-state index in [-0.39, 0.29) is 10.5 Å². The van der Waals surface area contributed by atoms with Crippen LogP contribution in [0.3, 0.4) is 0 Å². The van der Waals surface area contributed by atoms with E-state index >= 15 is 0 Å². The maximum atomic E-state index is 11.9. The smallest absolute Gasteiger partial charge is 0.336 e. The summed E-state index contributed by atoms with van der Waals surface area (Å²) in [5.41, 5.74) is 0.456. The molecule has 1 rings (SSSR count). The molecule has 0 saturated heterocycles. The predicted molar refractivity (Wildman–Crippen MR) is 70.0 cm³/mol. The summed E-state index contributed by atoms with van der Waals surface area (Å²) in [6.45, 7) is 1.25. The molecule has 2 N–H and O–H groups in total. The Kier molecular flexibility index (Phi) is 5.23. The Labute approximate surface area is 116 Å². The molecule has 0 saturated carbocycles. The zero-order chi connectivity index (χ0) is 15.3. The Morgan fingerprint density at radius 2 is 2.00 bits per heavy atom. The fourth-order valence-electron chi connectivity index (χ4n) is 1.54. The molecule has 8 heteroatoms.